The number of ether oxygens (including phenoxy) is 2. The van der Waals surface area contributed by atoms with Crippen molar-refractivity contribution in [2.45, 2.75) is 25.0 Å². The number of carbonyl (C=O) groups excluding carboxylic acids is 1. The molecule has 2 aromatic rings. The maximum absolute atomic E-state index is 11.4. The van der Waals surface area contributed by atoms with Crippen molar-refractivity contribution in [1.29, 1.82) is 0 Å². The van der Waals surface area contributed by atoms with Gasteiger partial charge in [-0.05, 0) is 12.8 Å². The molecule has 6 nitrogen and oxygen atoms in total. The lowest BCUT2D eigenvalue weighted by molar-refractivity contribution is -0.153. The van der Waals surface area contributed by atoms with Crippen LogP contribution in [0.4, 0.5) is 0 Å². The number of carbonyl (C=O) groups is 1. The summed E-state index contributed by atoms with van der Waals surface area (Å²) in [6.45, 7) is 0. The largest absolute Gasteiger partial charge is 0.467 e. The van der Waals surface area contributed by atoms with Crippen molar-refractivity contribution < 1.29 is 14.3 Å². The molecule has 0 radical (unpaired) electrons. The zero-order chi connectivity index (χ0) is 13.4. The van der Waals surface area contributed by atoms with Crippen LogP contribution in [-0.2, 0) is 14.3 Å². The highest BCUT2D eigenvalue weighted by Crippen LogP contribution is 2.33. The van der Waals surface area contributed by atoms with E-state index in [2.05, 4.69) is 14.7 Å². The molecule has 1 saturated heterocycles. The van der Waals surface area contributed by atoms with Gasteiger partial charge in [-0.3, -0.25) is 4.40 Å². The maximum atomic E-state index is 11.4. The first kappa shape index (κ1) is 12.4. The highest BCUT2D eigenvalue weighted by molar-refractivity contribution is 6.32. The quantitative estimate of drug-likeness (QED) is 0.785. The van der Waals surface area contributed by atoms with E-state index in [-0.39, 0.29) is 12.1 Å². The molecule has 0 bridgehead atoms. The number of hydrogen-bond donors (Lipinski definition) is 0. The average Bonchev–Trinajstić information content (AvgIpc) is 3.04. The molecule has 0 aliphatic carbocycles. The van der Waals surface area contributed by atoms with Gasteiger partial charge < -0.3 is 9.47 Å². The molecular weight excluding hydrogens is 270 g/mol. The molecule has 7 heteroatoms. The summed E-state index contributed by atoms with van der Waals surface area (Å²) in [5.41, 5.74) is 0.726. The van der Waals surface area contributed by atoms with E-state index in [1.807, 2.05) is 4.40 Å². The molecule has 2 aromatic heterocycles. The van der Waals surface area contributed by atoms with Crippen molar-refractivity contribution in [3.8, 4) is 0 Å². The molecule has 2 atom stereocenters. The fourth-order valence-corrected chi connectivity index (χ4v) is 2.48. The van der Waals surface area contributed by atoms with Crippen LogP contribution in [0.3, 0.4) is 0 Å². The Balaban J connectivity index is 1.90. The second-order valence-corrected chi connectivity index (χ2v) is 4.66. The molecule has 19 heavy (non-hydrogen) atoms. The number of rotatable bonds is 2. The normalized spacial score (nSPS) is 22.8. The number of imidazole rings is 1. The molecule has 0 saturated carbocycles. The Kier molecular flexibility index (Phi) is 3.12. The molecule has 0 N–H and O–H groups in total. The predicted molar refractivity (Wildman–Crippen MR) is 66.9 cm³/mol. The summed E-state index contributed by atoms with van der Waals surface area (Å²) < 4.78 is 12.2. The minimum Gasteiger partial charge on any atom is -0.467 e. The fourth-order valence-electron chi connectivity index (χ4n) is 2.29. The minimum atomic E-state index is -0.514. The van der Waals surface area contributed by atoms with E-state index in [9.17, 15) is 4.79 Å². The van der Waals surface area contributed by atoms with Crippen LogP contribution in [0.1, 0.15) is 24.8 Å². The Bertz CT molecular complexity index is 628. The van der Waals surface area contributed by atoms with Crippen molar-refractivity contribution in [2.75, 3.05) is 7.11 Å². The van der Waals surface area contributed by atoms with Crippen molar-refractivity contribution in [3.05, 3.63) is 29.6 Å². The molecule has 1 aliphatic heterocycles. The van der Waals surface area contributed by atoms with E-state index < -0.39 is 6.10 Å². The third-order valence-electron chi connectivity index (χ3n) is 3.21. The molecule has 0 aromatic carbocycles. The van der Waals surface area contributed by atoms with Gasteiger partial charge in [0.2, 0.25) is 0 Å². The molecule has 3 rings (SSSR count). The lowest BCUT2D eigenvalue weighted by atomic mass is 10.2. The molecule has 1 fully saturated rings. The van der Waals surface area contributed by atoms with Crippen molar-refractivity contribution in [2.24, 2.45) is 0 Å². The van der Waals surface area contributed by atoms with E-state index in [0.29, 0.717) is 11.6 Å². The smallest absolute Gasteiger partial charge is 0.335 e. The monoisotopic (exact) mass is 281 g/mol. The van der Waals surface area contributed by atoms with E-state index in [1.165, 1.54) is 7.11 Å². The second-order valence-electron chi connectivity index (χ2n) is 4.30. The maximum Gasteiger partial charge on any atom is 0.335 e. The SMILES string of the molecule is COC(=O)C1CCC(c2ncc3c(Cl)nccn23)O1. The zero-order valence-corrected chi connectivity index (χ0v) is 11.0. The molecule has 1 aliphatic rings. The first-order chi connectivity index (χ1) is 9.20. The van der Waals surface area contributed by atoms with Crippen LogP contribution in [-0.4, -0.2) is 33.6 Å². The van der Waals surface area contributed by atoms with Crippen molar-refractivity contribution in [1.82, 2.24) is 14.4 Å². The Morgan fingerprint density at radius 1 is 1.53 bits per heavy atom. The molecule has 100 valence electrons. The zero-order valence-electron chi connectivity index (χ0n) is 10.2. The fraction of sp³-hybridized carbons (Fsp3) is 0.417. The summed E-state index contributed by atoms with van der Waals surface area (Å²) in [4.78, 5) is 19.8. The van der Waals surface area contributed by atoms with Gasteiger partial charge in [0.15, 0.2) is 11.3 Å². The van der Waals surface area contributed by atoms with Crippen LogP contribution in [0, 0.1) is 0 Å². The van der Waals surface area contributed by atoms with Gasteiger partial charge >= 0.3 is 5.97 Å². The summed E-state index contributed by atoms with van der Waals surface area (Å²) in [6.07, 6.45) is 5.64. The number of aromatic nitrogens is 3. The summed E-state index contributed by atoms with van der Waals surface area (Å²) in [6, 6.07) is 0. The highest BCUT2D eigenvalue weighted by atomic mass is 35.5. The molecular formula is C12H12ClN3O3. The average molecular weight is 282 g/mol. The van der Waals surface area contributed by atoms with E-state index in [1.54, 1.807) is 18.6 Å². The number of fused-ring (bicyclic) bond motifs is 1. The first-order valence-corrected chi connectivity index (χ1v) is 6.29. The van der Waals surface area contributed by atoms with Crippen LogP contribution < -0.4 is 0 Å². The van der Waals surface area contributed by atoms with Gasteiger partial charge in [0.05, 0.1) is 13.3 Å². The summed E-state index contributed by atoms with van der Waals surface area (Å²) in [7, 11) is 1.36. The number of methoxy groups -OCH3 is 1. The van der Waals surface area contributed by atoms with Gasteiger partial charge in [0, 0.05) is 12.4 Å². The van der Waals surface area contributed by atoms with E-state index in [0.717, 1.165) is 17.8 Å². The van der Waals surface area contributed by atoms with E-state index in [4.69, 9.17) is 16.3 Å². The Labute approximate surface area is 114 Å². The van der Waals surface area contributed by atoms with E-state index >= 15 is 0 Å². The molecule has 0 amide bonds. The van der Waals surface area contributed by atoms with Crippen LogP contribution in [0.5, 0.6) is 0 Å². The number of esters is 1. The number of halogens is 1. The van der Waals surface area contributed by atoms with Gasteiger partial charge in [0.25, 0.3) is 0 Å². The van der Waals surface area contributed by atoms with Crippen molar-refractivity contribution >= 4 is 23.1 Å². The predicted octanol–water partition coefficient (Wildman–Crippen LogP) is 1.78. The minimum absolute atomic E-state index is 0.231. The molecule has 3 heterocycles. The summed E-state index contributed by atoms with van der Waals surface area (Å²) in [5, 5.41) is 0.392. The number of nitrogens with zero attached hydrogens (tertiary/aromatic N) is 3. The lowest BCUT2D eigenvalue weighted by Gasteiger charge is -2.11. The molecule has 0 spiro atoms. The Morgan fingerprint density at radius 2 is 2.37 bits per heavy atom. The number of hydrogen-bond acceptors (Lipinski definition) is 5. The van der Waals surface area contributed by atoms with Crippen LogP contribution in [0.15, 0.2) is 18.6 Å². The van der Waals surface area contributed by atoms with Gasteiger partial charge in [-0.15, -0.1) is 0 Å². The lowest BCUT2D eigenvalue weighted by Crippen LogP contribution is -2.21. The Hall–Kier alpha value is -1.66. The summed E-state index contributed by atoms with van der Waals surface area (Å²) in [5.74, 6) is 0.383. The third kappa shape index (κ3) is 2.06. The third-order valence-corrected chi connectivity index (χ3v) is 3.50. The standard InChI is InChI=1S/C12H12ClN3O3/c1-18-12(17)9-3-2-8(19-9)11-15-6-7-10(13)14-4-5-16(7)11/h4-6,8-9H,2-3H2,1H3. The Morgan fingerprint density at radius 3 is 3.16 bits per heavy atom. The highest BCUT2D eigenvalue weighted by Gasteiger charge is 2.34. The van der Waals surface area contributed by atoms with Gasteiger partial charge in [-0.25, -0.2) is 14.8 Å². The van der Waals surface area contributed by atoms with Crippen LogP contribution in [0.2, 0.25) is 5.15 Å². The van der Waals surface area contributed by atoms with Crippen LogP contribution >= 0.6 is 11.6 Å². The van der Waals surface area contributed by atoms with Crippen LogP contribution in [0.25, 0.3) is 5.52 Å². The topological polar surface area (TPSA) is 65.7 Å². The second kappa shape index (κ2) is 4.79. The molecule has 2 unspecified atom stereocenters. The first-order valence-electron chi connectivity index (χ1n) is 5.91. The van der Waals surface area contributed by atoms with Gasteiger partial charge in [0.1, 0.15) is 17.4 Å². The van der Waals surface area contributed by atoms with Crippen molar-refractivity contribution in [3.63, 3.8) is 0 Å². The van der Waals surface area contributed by atoms with Gasteiger partial charge in [-0.1, -0.05) is 11.6 Å². The van der Waals surface area contributed by atoms with Gasteiger partial charge in [-0.2, -0.15) is 0 Å². The summed E-state index contributed by atoms with van der Waals surface area (Å²) >= 11 is 5.99.